The number of rotatable bonds is 7. The van der Waals surface area contributed by atoms with Gasteiger partial charge in [-0.1, -0.05) is 13.8 Å². The van der Waals surface area contributed by atoms with Crippen molar-refractivity contribution in [3.8, 4) is 0 Å². The Morgan fingerprint density at radius 1 is 1.42 bits per heavy atom. The van der Waals surface area contributed by atoms with Gasteiger partial charge in [-0.25, -0.2) is 4.98 Å². The van der Waals surface area contributed by atoms with Gasteiger partial charge in [0.25, 0.3) is 5.91 Å². The zero-order valence-electron chi connectivity index (χ0n) is 11.8. The van der Waals surface area contributed by atoms with Crippen LogP contribution in [0.5, 0.6) is 0 Å². The highest BCUT2D eigenvalue weighted by atomic mass is 16.1. The molecule has 2 N–H and O–H groups in total. The van der Waals surface area contributed by atoms with Crippen molar-refractivity contribution in [1.29, 1.82) is 0 Å². The number of carbonyl (C=O) groups is 1. The highest BCUT2D eigenvalue weighted by molar-refractivity contribution is 5.94. The molecule has 0 saturated heterocycles. The summed E-state index contributed by atoms with van der Waals surface area (Å²) < 4.78 is 0. The minimum absolute atomic E-state index is 0.00155. The molecule has 1 aromatic heterocycles. The van der Waals surface area contributed by atoms with Crippen molar-refractivity contribution >= 4 is 11.7 Å². The predicted molar refractivity (Wildman–Crippen MR) is 77.3 cm³/mol. The van der Waals surface area contributed by atoms with Crippen LogP contribution in [-0.4, -0.2) is 24.0 Å². The maximum absolute atomic E-state index is 12.1. The zero-order chi connectivity index (χ0) is 13.7. The first kappa shape index (κ1) is 13.8. The van der Waals surface area contributed by atoms with E-state index in [0.717, 1.165) is 31.7 Å². The average molecular weight is 261 g/mol. The molecule has 19 heavy (non-hydrogen) atoms. The SMILES string of the molecule is CCCNc1cc(C(=O)NCC2(CC)CC2)ccn1. The van der Waals surface area contributed by atoms with Crippen molar-refractivity contribution in [2.75, 3.05) is 18.4 Å². The van der Waals surface area contributed by atoms with Crippen LogP contribution in [0.15, 0.2) is 18.3 Å². The van der Waals surface area contributed by atoms with Crippen LogP contribution in [0.2, 0.25) is 0 Å². The Balaban J connectivity index is 1.91. The van der Waals surface area contributed by atoms with Gasteiger partial charge in [-0.05, 0) is 43.2 Å². The number of amides is 1. The van der Waals surface area contributed by atoms with Crippen molar-refractivity contribution in [3.05, 3.63) is 23.9 Å². The number of aromatic nitrogens is 1. The third-order valence-corrected chi connectivity index (χ3v) is 3.91. The fourth-order valence-electron chi connectivity index (χ4n) is 2.12. The Morgan fingerprint density at radius 3 is 2.84 bits per heavy atom. The first-order valence-electron chi connectivity index (χ1n) is 7.17. The van der Waals surface area contributed by atoms with E-state index < -0.39 is 0 Å². The van der Waals surface area contributed by atoms with Crippen LogP contribution in [0.1, 0.15) is 49.9 Å². The lowest BCUT2D eigenvalue weighted by atomic mass is 10.0. The lowest BCUT2D eigenvalue weighted by Gasteiger charge is -2.13. The topological polar surface area (TPSA) is 54.0 Å². The minimum atomic E-state index is 0.00155. The van der Waals surface area contributed by atoms with E-state index in [9.17, 15) is 4.79 Å². The minimum Gasteiger partial charge on any atom is -0.370 e. The smallest absolute Gasteiger partial charge is 0.251 e. The number of nitrogens with one attached hydrogen (secondary N) is 2. The number of pyridine rings is 1. The van der Waals surface area contributed by atoms with Gasteiger partial charge in [0.15, 0.2) is 0 Å². The van der Waals surface area contributed by atoms with E-state index in [2.05, 4.69) is 29.5 Å². The largest absolute Gasteiger partial charge is 0.370 e. The number of hydrogen-bond acceptors (Lipinski definition) is 3. The summed E-state index contributed by atoms with van der Waals surface area (Å²) in [7, 11) is 0. The fraction of sp³-hybridized carbons (Fsp3) is 0.600. The average Bonchev–Trinajstić information content (AvgIpc) is 3.23. The Morgan fingerprint density at radius 2 is 2.21 bits per heavy atom. The molecule has 1 aliphatic rings. The van der Waals surface area contributed by atoms with Crippen molar-refractivity contribution in [2.24, 2.45) is 5.41 Å². The number of carbonyl (C=O) groups excluding carboxylic acids is 1. The van der Waals surface area contributed by atoms with Gasteiger partial charge in [-0.15, -0.1) is 0 Å². The Bertz CT molecular complexity index is 441. The van der Waals surface area contributed by atoms with Gasteiger partial charge in [0.05, 0.1) is 0 Å². The van der Waals surface area contributed by atoms with E-state index in [1.807, 2.05) is 6.07 Å². The second-order valence-corrected chi connectivity index (χ2v) is 5.39. The molecule has 0 atom stereocenters. The van der Waals surface area contributed by atoms with Crippen LogP contribution in [-0.2, 0) is 0 Å². The summed E-state index contributed by atoms with van der Waals surface area (Å²) in [5.74, 6) is 0.771. The fourth-order valence-corrected chi connectivity index (χ4v) is 2.12. The van der Waals surface area contributed by atoms with E-state index >= 15 is 0 Å². The summed E-state index contributed by atoms with van der Waals surface area (Å²) in [6.45, 7) is 5.96. The Kier molecular flexibility index (Phi) is 4.40. The third-order valence-electron chi connectivity index (χ3n) is 3.91. The Hall–Kier alpha value is -1.58. The van der Waals surface area contributed by atoms with E-state index in [-0.39, 0.29) is 5.91 Å². The van der Waals surface area contributed by atoms with Crippen LogP contribution < -0.4 is 10.6 Å². The highest BCUT2D eigenvalue weighted by Crippen LogP contribution is 2.47. The van der Waals surface area contributed by atoms with Crippen LogP contribution in [0.3, 0.4) is 0 Å². The first-order chi connectivity index (χ1) is 9.19. The number of hydrogen-bond donors (Lipinski definition) is 2. The molecule has 1 aromatic rings. The first-order valence-corrected chi connectivity index (χ1v) is 7.17. The molecule has 2 rings (SSSR count). The van der Waals surface area contributed by atoms with Crippen LogP contribution in [0.25, 0.3) is 0 Å². The number of anilines is 1. The van der Waals surface area contributed by atoms with Crippen molar-refractivity contribution < 1.29 is 4.79 Å². The molecule has 1 aliphatic carbocycles. The van der Waals surface area contributed by atoms with Gasteiger partial charge in [0, 0.05) is 24.8 Å². The molecule has 0 aliphatic heterocycles. The summed E-state index contributed by atoms with van der Waals surface area (Å²) in [5, 5.41) is 6.24. The molecule has 0 aromatic carbocycles. The van der Waals surface area contributed by atoms with Gasteiger partial charge in [0.1, 0.15) is 5.82 Å². The summed E-state index contributed by atoms with van der Waals surface area (Å²) in [4.78, 5) is 16.3. The molecule has 1 amide bonds. The van der Waals surface area contributed by atoms with Crippen LogP contribution in [0.4, 0.5) is 5.82 Å². The molecular formula is C15H23N3O. The second-order valence-electron chi connectivity index (χ2n) is 5.39. The van der Waals surface area contributed by atoms with Gasteiger partial charge in [-0.3, -0.25) is 4.79 Å². The summed E-state index contributed by atoms with van der Waals surface area (Å²) in [6, 6.07) is 3.58. The normalized spacial score (nSPS) is 15.9. The molecule has 1 heterocycles. The molecule has 104 valence electrons. The Labute approximate surface area is 115 Å². The summed E-state index contributed by atoms with van der Waals surface area (Å²) >= 11 is 0. The van der Waals surface area contributed by atoms with E-state index in [1.54, 1.807) is 12.3 Å². The van der Waals surface area contributed by atoms with Gasteiger partial charge in [-0.2, -0.15) is 0 Å². The maximum atomic E-state index is 12.1. The van der Waals surface area contributed by atoms with E-state index in [4.69, 9.17) is 0 Å². The van der Waals surface area contributed by atoms with Crippen molar-refractivity contribution in [3.63, 3.8) is 0 Å². The van der Waals surface area contributed by atoms with Gasteiger partial charge < -0.3 is 10.6 Å². The van der Waals surface area contributed by atoms with Gasteiger partial charge in [0.2, 0.25) is 0 Å². The lowest BCUT2D eigenvalue weighted by molar-refractivity contribution is 0.0944. The molecule has 0 radical (unpaired) electrons. The quantitative estimate of drug-likeness (QED) is 0.793. The molecule has 0 spiro atoms. The molecule has 1 saturated carbocycles. The van der Waals surface area contributed by atoms with Crippen molar-refractivity contribution in [1.82, 2.24) is 10.3 Å². The monoisotopic (exact) mass is 261 g/mol. The standard InChI is InChI=1S/C15H23N3O/c1-3-8-16-13-10-12(5-9-17-13)14(19)18-11-15(4-2)6-7-15/h5,9-10H,3-4,6-8,11H2,1-2H3,(H,16,17)(H,18,19). The summed E-state index contributed by atoms with van der Waals surface area (Å²) in [6.07, 6.45) is 6.34. The summed E-state index contributed by atoms with van der Waals surface area (Å²) in [5.41, 5.74) is 1.06. The molecule has 1 fully saturated rings. The van der Waals surface area contributed by atoms with Gasteiger partial charge >= 0.3 is 0 Å². The zero-order valence-corrected chi connectivity index (χ0v) is 11.8. The highest BCUT2D eigenvalue weighted by Gasteiger charge is 2.40. The van der Waals surface area contributed by atoms with Crippen LogP contribution in [0, 0.1) is 5.41 Å². The molecular weight excluding hydrogens is 238 g/mol. The molecule has 4 heteroatoms. The third kappa shape index (κ3) is 3.69. The second kappa shape index (κ2) is 6.04. The predicted octanol–water partition coefficient (Wildman–Crippen LogP) is 2.82. The molecule has 0 bridgehead atoms. The van der Waals surface area contributed by atoms with Crippen LogP contribution >= 0.6 is 0 Å². The number of nitrogens with zero attached hydrogens (tertiary/aromatic N) is 1. The van der Waals surface area contributed by atoms with E-state index in [1.165, 1.54) is 12.8 Å². The lowest BCUT2D eigenvalue weighted by Crippen LogP contribution is -2.30. The van der Waals surface area contributed by atoms with Crippen molar-refractivity contribution in [2.45, 2.75) is 39.5 Å². The van der Waals surface area contributed by atoms with E-state index in [0.29, 0.717) is 11.0 Å². The molecule has 0 unspecified atom stereocenters. The molecule has 4 nitrogen and oxygen atoms in total. The maximum Gasteiger partial charge on any atom is 0.251 e.